The van der Waals surface area contributed by atoms with Crippen molar-refractivity contribution in [3.05, 3.63) is 47.5 Å². The first-order chi connectivity index (χ1) is 17.4. The van der Waals surface area contributed by atoms with Crippen LogP contribution in [0.15, 0.2) is 30.5 Å². The molecule has 2 aliphatic rings. The monoisotopic (exact) mass is 494 g/mol. The maximum atomic E-state index is 14.4. The lowest BCUT2D eigenvalue weighted by atomic mass is 9.85. The molecule has 2 atom stereocenters. The molecule has 5 heterocycles. The van der Waals surface area contributed by atoms with Crippen LogP contribution in [0.4, 0.5) is 4.39 Å². The third-order valence-corrected chi connectivity index (χ3v) is 7.52. The van der Waals surface area contributed by atoms with E-state index in [1.165, 1.54) is 13.2 Å². The van der Waals surface area contributed by atoms with Gasteiger partial charge in [-0.1, -0.05) is 0 Å². The average Bonchev–Trinajstić information content (AvgIpc) is 3.59. The summed E-state index contributed by atoms with van der Waals surface area (Å²) in [6, 6.07) is 6.84. The van der Waals surface area contributed by atoms with E-state index in [4.69, 9.17) is 19.2 Å². The Labute approximate surface area is 206 Å². The van der Waals surface area contributed by atoms with Crippen molar-refractivity contribution in [2.75, 3.05) is 26.9 Å². The molecule has 0 spiro atoms. The average molecular weight is 495 g/mol. The van der Waals surface area contributed by atoms with Crippen LogP contribution in [0, 0.1) is 5.82 Å². The molecular weight excluding hydrogens is 467 g/mol. The Balaban J connectivity index is 1.66. The second kappa shape index (κ2) is 8.56. The third-order valence-electron chi connectivity index (χ3n) is 7.52. The number of aromatic nitrogens is 4. The van der Waals surface area contributed by atoms with Gasteiger partial charge >= 0.3 is 5.97 Å². The summed E-state index contributed by atoms with van der Waals surface area (Å²) in [6.45, 7) is 3.15. The van der Waals surface area contributed by atoms with Crippen LogP contribution in [0.2, 0.25) is 0 Å². The van der Waals surface area contributed by atoms with Gasteiger partial charge in [-0.25, -0.2) is 14.2 Å². The summed E-state index contributed by atoms with van der Waals surface area (Å²) >= 11 is 0. The minimum Gasteiger partial charge on any atom is -0.494 e. The van der Waals surface area contributed by atoms with Crippen molar-refractivity contribution in [3.8, 4) is 11.4 Å². The minimum atomic E-state index is -1.27. The molecular formula is C26H27FN4O5. The van der Waals surface area contributed by atoms with Crippen molar-refractivity contribution in [2.24, 2.45) is 0 Å². The Bertz CT molecular complexity index is 1470. The first-order valence-electron chi connectivity index (χ1n) is 12.1. The Morgan fingerprint density at radius 1 is 1.28 bits per heavy atom. The fraction of sp³-hybridized carbons (Fsp3) is 0.423. The van der Waals surface area contributed by atoms with Gasteiger partial charge in [-0.2, -0.15) is 5.10 Å². The molecule has 4 aromatic rings. The predicted octanol–water partition coefficient (Wildman–Crippen LogP) is 4.29. The second-order valence-electron chi connectivity index (χ2n) is 9.75. The molecule has 36 heavy (non-hydrogen) atoms. The molecule has 0 unspecified atom stereocenters. The Morgan fingerprint density at radius 2 is 2.08 bits per heavy atom. The van der Waals surface area contributed by atoms with Gasteiger partial charge in [-0.15, -0.1) is 0 Å². The largest absolute Gasteiger partial charge is 0.494 e. The Hall–Kier alpha value is -3.50. The maximum absolute atomic E-state index is 14.4. The number of carboxylic acid groups (broad SMARTS) is 1. The summed E-state index contributed by atoms with van der Waals surface area (Å²) in [5.74, 6) is -1.31. The van der Waals surface area contributed by atoms with E-state index in [1.54, 1.807) is 25.3 Å². The first-order valence-corrected chi connectivity index (χ1v) is 12.1. The van der Waals surface area contributed by atoms with E-state index < -0.39 is 17.4 Å². The number of hydrogen-bond acceptors (Lipinski definition) is 6. The third kappa shape index (κ3) is 3.55. The van der Waals surface area contributed by atoms with Gasteiger partial charge in [-0.3, -0.25) is 5.10 Å². The Kier molecular flexibility index (Phi) is 5.45. The van der Waals surface area contributed by atoms with Crippen LogP contribution >= 0.6 is 0 Å². The number of nitrogens with one attached hydrogen (secondary N) is 1. The zero-order chi connectivity index (χ0) is 25.0. The summed E-state index contributed by atoms with van der Waals surface area (Å²) < 4.78 is 33.3. The number of carboxylic acids is 1. The van der Waals surface area contributed by atoms with Crippen molar-refractivity contribution < 1.29 is 28.5 Å². The number of fused-ring (bicyclic) bond motifs is 2. The van der Waals surface area contributed by atoms with Crippen LogP contribution in [0.5, 0.6) is 5.75 Å². The highest BCUT2D eigenvalue weighted by molar-refractivity contribution is 5.94. The SMILES string of the molecule is COc1cc(-n2c(C3CCOCC3)c([C@H]3CO[C@](C)(C(=O)O)C3)c3nc4[nH]ncc4cc32)ccc1F. The van der Waals surface area contributed by atoms with E-state index in [-0.39, 0.29) is 24.2 Å². The lowest BCUT2D eigenvalue weighted by molar-refractivity contribution is -0.157. The first kappa shape index (κ1) is 22.9. The molecule has 0 radical (unpaired) electrons. The number of aromatic amines is 1. The van der Waals surface area contributed by atoms with Gasteiger partial charge in [0, 0.05) is 53.4 Å². The van der Waals surface area contributed by atoms with Crippen molar-refractivity contribution in [2.45, 2.75) is 43.6 Å². The van der Waals surface area contributed by atoms with E-state index in [1.807, 2.05) is 6.07 Å². The molecule has 2 saturated heterocycles. The van der Waals surface area contributed by atoms with Gasteiger partial charge < -0.3 is 23.9 Å². The van der Waals surface area contributed by atoms with E-state index in [2.05, 4.69) is 14.8 Å². The fourth-order valence-electron chi connectivity index (χ4n) is 5.66. The van der Waals surface area contributed by atoms with Crippen LogP contribution in [0.1, 0.15) is 49.3 Å². The molecule has 0 amide bonds. The number of methoxy groups -OCH3 is 1. The number of pyridine rings is 1. The van der Waals surface area contributed by atoms with Gasteiger partial charge in [0.25, 0.3) is 0 Å². The number of aliphatic carboxylic acids is 1. The fourth-order valence-corrected chi connectivity index (χ4v) is 5.66. The van der Waals surface area contributed by atoms with Crippen molar-refractivity contribution >= 4 is 28.0 Å². The van der Waals surface area contributed by atoms with E-state index in [0.29, 0.717) is 25.3 Å². The smallest absolute Gasteiger partial charge is 0.335 e. The molecule has 2 aliphatic heterocycles. The van der Waals surface area contributed by atoms with E-state index >= 15 is 0 Å². The number of H-pyrrole nitrogens is 1. The predicted molar refractivity (Wildman–Crippen MR) is 129 cm³/mol. The van der Waals surface area contributed by atoms with E-state index in [0.717, 1.165) is 46.2 Å². The van der Waals surface area contributed by atoms with Crippen molar-refractivity contribution in [3.63, 3.8) is 0 Å². The number of carbonyl (C=O) groups is 1. The molecule has 2 fully saturated rings. The number of hydrogen-bond donors (Lipinski definition) is 2. The van der Waals surface area contributed by atoms with Crippen LogP contribution in [0.3, 0.4) is 0 Å². The lowest BCUT2D eigenvalue weighted by Crippen LogP contribution is -2.34. The lowest BCUT2D eigenvalue weighted by Gasteiger charge is -2.27. The summed E-state index contributed by atoms with van der Waals surface area (Å²) in [6.07, 6.45) is 3.67. The molecule has 1 aromatic carbocycles. The molecule has 0 saturated carbocycles. The minimum absolute atomic E-state index is 0.146. The van der Waals surface area contributed by atoms with Crippen LogP contribution in [-0.2, 0) is 14.3 Å². The maximum Gasteiger partial charge on any atom is 0.335 e. The van der Waals surface area contributed by atoms with Gasteiger partial charge in [0.15, 0.2) is 22.8 Å². The van der Waals surface area contributed by atoms with Crippen molar-refractivity contribution in [1.82, 2.24) is 19.7 Å². The van der Waals surface area contributed by atoms with Gasteiger partial charge in [0.1, 0.15) is 0 Å². The zero-order valence-electron chi connectivity index (χ0n) is 20.1. The van der Waals surface area contributed by atoms with Crippen LogP contribution in [-0.4, -0.2) is 63.4 Å². The number of ether oxygens (including phenoxy) is 3. The molecule has 0 bridgehead atoms. The summed E-state index contributed by atoms with van der Waals surface area (Å²) in [5.41, 5.74) is 3.74. The number of benzene rings is 1. The summed E-state index contributed by atoms with van der Waals surface area (Å²) in [5, 5.41) is 17.8. The summed E-state index contributed by atoms with van der Waals surface area (Å²) in [4.78, 5) is 17.0. The normalized spacial score (nSPS) is 23.0. The number of nitrogens with zero attached hydrogens (tertiary/aromatic N) is 3. The van der Waals surface area contributed by atoms with Gasteiger partial charge in [0.2, 0.25) is 0 Å². The number of halogens is 1. The molecule has 3 aromatic heterocycles. The molecule has 0 aliphatic carbocycles. The highest BCUT2D eigenvalue weighted by Gasteiger charge is 2.46. The molecule has 9 nitrogen and oxygen atoms in total. The van der Waals surface area contributed by atoms with E-state index in [9.17, 15) is 14.3 Å². The number of rotatable bonds is 5. The van der Waals surface area contributed by atoms with Gasteiger partial charge in [-0.05, 0) is 44.4 Å². The van der Waals surface area contributed by atoms with Gasteiger partial charge in [0.05, 0.1) is 30.9 Å². The van der Waals surface area contributed by atoms with Crippen LogP contribution in [0.25, 0.3) is 27.8 Å². The quantitative estimate of drug-likeness (QED) is 0.426. The highest BCUT2D eigenvalue weighted by atomic mass is 19.1. The summed E-state index contributed by atoms with van der Waals surface area (Å²) in [7, 11) is 1.44. The molecule has 188 valence electrons. The molecule has 10 heteroatoms. The molecule has 6 rings (SSSR count). The topological polar surface area (TPSA) is 111 Å². The molecule has 2 N–H and O–H groups in total. The zero-order valence-corrected chi connectivity index (χ0v) is 20.1. The van der Waals surface area contributed by atoms with Crippen molar-refractivity contribution in [1.29, 1.82) is 0 Å². The highest BCUT2D eigenvalue weighted by Crippen LogP contribution is 2.47. The second-order valence-corrected chi connectivity index (χ2v) is 9.75. The Morgan fingerprint density at radius 3 is 2.81 bits per heavy atom. The van der Waals surface area contributed by atoms with Crippen LogP contribution < -0.4 is 4.74 Å². The standard InChI is InChI=1S/C26H27FN4O5/c1-26(25(32)33)11-16(13-36-26)21-22-19(9-15-12-28-30-24(15)29-22)31(23(21)14-5-7-35-8-6-14)17-3-4-18(27)20(10-17)34-2/h3-4,9-10,12,14,16H,5-8,11,13H2,1-2H3,(H,32,33)(H,28,29,30)/t16-,26+/m1/s1.